The molecule has 0 aliphatic heterocycles. The highest BCUT2D eigenvalue weighted by Crippen LogP contribution is 2.19. The van der Waals surface area contributed by atoms with Gasteiger partial charge in [0, 0.05) is 31.9 Å². The lowest BCUT2D eigenvalue weighted by Gasteiger charge is -2.26. The van der Waals surface area contributed by atoms with E-state index in [-0.39, 0.29) is 6.04 Å². The van der Waals surface area contributed by atoms with Crippen LogP contribution in [-0.2, 0) is 4.74 Å². The van der Waals surface area contributed by atoms with Crippen LogP contribution < -0.4 is 10.6 Å². The molecule has 0 spiro atoms. The molecule has 0 bridgehead atoms. The maximum absolute atomic E-state index is 5.87. The predicted octanol–water partition coefficient (Wildman–Crippen LogP) is 2.82. The van der Waals surface area contributed by atoms with Crippen molar-refractivity contribution in [1.82, 2.24) is 0 Å². The van der Waals surface area contributed by atoms with Crippen LogP contribution in [0.15, 0.2) is 24.3 Å². The first-order valence-corrected chi connectivity index (χ1v) is 6.64. The van der Waals surface area contributed by atoms with Crippen molar-refractivity contribution in [3.63, 3.8) is 0 Å². The molecule has 3 nitrogen and oxygen atoms in total. The second kappa shape index (κ2) is 7.39. The summed E-state index contributed by atoms with van der Waals surface area (Å²) >= 11 is 0. The number of hydrogen-bond acceptors (Lipinski definition) is 3. The van der Waals surface area contributed by atoms with Gasteiger partial charge in [-0.3, -0.25) is 0 Å². The fourth-order valence-electron chi connectivity index (χ4n) is 1.96. The second-order valence-corrected chi connectivity index (χ2v) is 5.21. The summed E-state index contributed by atoms with van der Waals surface area (Å²) in [5.41, 5.74) is 8.28. The maximum Gasteiger partial charge on any atom is 0.0637 e. The van der Waals surface area contributed by atoms with Gasteiger partial charge in [-0.1, -0.05) is 26.0 Å². The molecule has 3 heteroatoms. The highest BCUT2D eigenvalue weighted by molar-refractivity contribution is 5.48. The lowest BCUT2D eigenvalue weighted by molar-refractivity contribution is 0.204. The van der Waals surface area contributed by atoms with Gasteiger partial charge in [-0.15, -0.1) is 0 Å². The summed E-state index contributed by atoms with van der Waals surface area (Å²) in [6.07, 6.45) is 0. The van der Waals surface area contributed by atoms with Crippen LogP contribution >= 0.6 is 0 Å². The zero-order valence-electron chi connectivity index (χ0n) is 12.0. The van der Waals surface area contributed by atoms with Crippen molar-refractivity contribution in [2.24, 2.45) is 11.7 Å². The van der Waals surface area contributed by atoms with Gasteiger partial charge in [0.2, 0.25) is 0 Å². The Hall–Kier alpha value is -1.06. The van der Waals surface area contributed by atoms with E-state index in [4.69, 9.17) is 10.5 Å². The zero-order valence-corrected chi connectivity index (χ0v) is 12.0. The molecule has 0 unspecified atom stereocenters. The highest BCUT2D eigenvalue weighted by Gasteiger charge is 2.09. The summed E-state index contributed by atoms with van der Waals surface area (Å²) in [7, 11) is 1.74. The number of rotatable bonds is 7. The van der Waals surface area contributed by atoms with Gasteiger partial charge in [0.25, 0.3) is 0 Å². The second-order valence-electron chi connectivity index (χ2n) is 5.21. The van der Waals surface area contributed by atoms with E-state index < -0.39 is 0 Å². The van der Waals surface area contributed by atoms with E-state index >= 15 is 0 Å². The molecule has 2 N–H and O–H groups in total. The Bertz CT molecular complexity index is 333. The van der Waals surface area contributed by atoms with Gasteiger partial charge in [0.05, 0.1) is 6.61 Å². The molecule has 102 valence electrons. The minimum atomic E-state index is 0.0940. The van der Waals surface area contributed by atoms with Gasteiger partial charge in [-0.2, -0.15) is 0 Å². The Balaban J connectivity index is 2.77. The number of nitrogens with two attached hydrogens (primary N) is 1. The van der Waals surface area contributed by atoms with Crippen molar-refractivity contribution in [2.75, 3.05) is 31.7 Å². The van der Waals surface area contributed by atoms with Crippen molar-refractivity contribution >= 4 is 5.69 Å². The van der Waals surface area contributed by atoms with E-state index in [2.05, 4.69) is 43.0 Å². The molecule has 0 fully saturated rings. The van der Waals surface area contributed by atoms with E-state index in [0.717, 1.165) is 19.7 Å². The molecular formula is C15H26N2O. The predicted molar refractivity (Wildman–Crippen MR) is 78.0 cm³/mol. The average molecular weight is 250 g/mol. The Labute approximate surface area is 111 Å². The molecule has 0 saturated carbocycles. The first-order chi connectivity index (χ1) is 8.54. The summed E-state index contributed by atoms with van der Waals surface area (Å²) in [6.45, 7) is 9.19. The van der Waals surface area contributed by atoms with E-state index in [1.54, 1.807) is 7.11 Å². The molecule has 0 radical (unpaired) electrons. The minimum absolute atomic E-state index is 0.0940. The first kappa shape index (κ1) is 15.0. The molecular weight excluding hydrogens is 224 g/mol. The van der Waals surface area contributed by atoms with Crippen LogP contribution in [0, 0.1) is 5.92 Å². The monoisotopic (exact) mass is 250 g/mol. The van der Waals surface area contributed by atoms with Crippen molar-refractivity contribution in [3.05, 3.63) is 29.8 Å². The molecule has 0 aliphatic rings. The summed E-state index contributed by atoms with van der Waals surface area (Å²) in [4.78, 5) is 2.36. The summed E-state index contributed by atoms with van der Waals surface area (Å²) in [5, 5.41) is 0. The standard InChI is InChI=1S/C15H26N2O/c1-12(2)11-17(9-10-18-4)15-7-5-14(6-8-15)13(3)16/h5-8,12-13H,9-11,16H2,1-4H3/t13-/m1/s1. The Morgan fingerprint density at radius 3 is 2.22 bits per heavy atom. The molecule has 0 aliphatic carbocycles. The Morgan fingerprint density at radius 2 is 1.78 bits per heavy atom. The number of ether oxygens (including phenoxy) is 1. The third-order valence-electron chi connectivity index (χ3n) is 2.93. The lowest BCUT2D eigenvalue weighted by atomic mass is 10.1. The van der Waals surface area contributed by atoms with Crippen molar-refractivity contribution in [3.8, 4) is 0 Å². The molecule has 1 aromatic rings. The third kappa shape index (κ3) is 4.67. The topological polar surface area (TPSA) is 38.5 Å². The Kier molecular flexibility index (Phi) is 6.16. The largest absolute Gasteiger partial charge is 0.383 e. The maximum atomic E-state index is 5.87. The fourth-order valence-corrected chi connectivity index (χ4v) is 1.96. The average Bonchev–Trinajstić information content (AvgIpc) is 2.34. The lowest BCUT2D eigenvalue weighted by Crippen LogP contribution is -2.30. The molecule has 0 saturated heterocycles. The van der Waals surface area contributed by atoms with E-state index in [9.17, 15) is 0 Å². The minimum Gasteiger partial charge on any atom is -0.383 e. The molecule has 0 amide bonds. The fraction of sp³-hybridized carbons (Fsp3) is 0.600. The van der Waals surface area contributed by atoms with Crippen LogP contribution in [0.1, 0.15) is 32.4 Å². The smallest absolute Gasteiger partial charge is 0.0637 e. The molecule has 0 heterocycles. The van der Waals surface area contributed by atoms with Gasteiger partial charge < -0.3 is 15.4 Å². The van der Waals surface area contributed by atoms with Crippen molar-refractivity contribution in [2.45, 2.75) is 26.8 Å². The first-order valence-electron chi connectivity index (χ1n) is 6.64. The number of nitrogens with zero attached hydrogens (tertiary/aromatic N) is 1. The van der Waals surface area contributed by atoms with Crippen LogP contribution in [0.25, 0.3) is 0 Å². The van der Waals surface area contributed by atoms with Gasteiger partial charge in [0.1, 0.15) is 0 Å². The SMILES string of the molecule is COCCN(CC(C)C)c1ccc([C@@H](C)N)cc1. The number of benzene rings is 1. The number of anilines is 1. The summed E-state index contributed by atoms with van der Waals surface area (Å²) in [6, 6.07) is 8.62. The molecule has 1 atom stereocenters. The van der Waals surface area contributed by atoms with Crippen LogP contribution in [0.2, 0.25) is 0 Å². The summed E-state index contributed by atoms with van der Waals surface area (Å²) in [5.74, 6) is 0.634. The molecule has 1 rings (SSSR count). The van der Waals surface area contributed by atoms with Crippen LogP contribution in [0.4, 0.5) is 5.69 Å². The quantitative estimate of drug-likeness (QED) is 0.808. The normalized spacial score (nSPS) is 12.8. The molecule has 1 aromatic carbocycles. The van der Waals surface area contributed by atoms with Gasteiger partial charge in [0.15, 0.2) is 0 Å². The molecule has 18 heavy (non-hydrogen) atoms. The van der Waals surface area contributed by atoms with Gasteiger partial charge in [-0.25, -0.2) is 0 Å². The van der Waals surface area contributed by atoms with Gasteiger partial charge >= 0.3 is 0 Å². The van der Waals surface area contributed by atoms with Crippen molar-refractivity contribution in [1.29, 1.82) is 0 Å². The van der Waals surface area contributed by atoms with Crippen LogP contribution in [-0.4, -0.2) is 26.8 Å². The van der Waals surface area contributed by atoms with Crippen LogP contribution in [0.5, 0.6) is 0 Å². The van der Waals surface area contributed by atoms with E-state index in [1.807, 2.05) is 6.92 Å². The van der Waals surface area contributed by atoms with Crippen molar-refractivity contribution < 1.29 is 4.74 Å². The Morgan fingerprint density at radius 1 is 1.17 bits per heavy atom. The van der Waals surface area contributed by atoms with E-state index in [1.165, 1.54) is 11.3 Å². The summed E-state index contributed by atoms with van der Waals surface area (Å²) < 4.78 is 5.18. The zero-order chi connectivity index (χ0) is 13.5. The molecule has 0 aromatic heterocycles. The van der Waals surface area contributed by atoms with Crippen LogP contribution in [0.3, 0.4) is 0 Å². The number of hydrogen-bond donors (Lipinski definition) is 1. The third-order valence-corrected chi connectivity index (χ3v) is 2.93. The highest BCUT2D eigenvalue weighted by atomic mass is 16.5. The number of methoxy groups -OCH3 is 1. The van der Waals surface area contributed by atoms with Gasteiger partial charge in [-0.05, 0) is 30.5 Å². The van der Waals surface area contributed by atoms with E-state index in [0.29, 0.717) is 5.92 Å².